The van der Waals surface area contributed by atoms with Crippen molar-refractivity contribution in [2.45, 2.75) is 46.1 Å². The number of fused-ring (bicyclic) bond motifs is 2. The Morgan fingerprint density at radius 2 is 1.71 bits per heavy atom. The monoisotopic (exact) mass is 574 g/mol. The molecule has 8 heteroatoms. The summed E-state index contributed by atoms with van der Waals surface area (Å²) in [5, 5.41) is 20.2. The van der Waals surface area contributed by atoms with Gasteiger partial charge < -0.3 is 9.52 Å². The van der Waals surface area contributed by atoms with E-state index in [2.05, 4.69) is 49.1 Å². The highest BCUT2D eigenvalue weighted by Gasteiger charge is 2.32. The molecule has 42 heavy (non-hydrogen) atoms. The molecule has 3 aromatic carbocycles. The average Bonchev–Trinajstić information content (AvgIpc) is 3.59. The molecule has 0 spiro atoms. The molecule has 2 aliphatic rings. The van der Waals surface area contributed by atoms with E-state index >= 15 is 0 Å². The summed E-state index contributed by atoms with van der Waals surface area (Å²) < 4.78 is 6.23. The molecule has 0 atom stereocenters. The number of carboxylic acids is 1. The molecule has 7 rings (SSSR count). The minimum atomic E-state index is -0.762. The second kappa shape index (κ2) is 10.5. The van der Waals surface area contributed by atoms with Gasteiger partial charge >= 0.3 is 5.97 Å². The Labute approximate surface area is 248 Å². The highest BCUT2D eigenvalue weighted by atomic mass is 32.1. The molecular weight excluding hydrogens is 544 g/mol. The van der Waals surface area contributed by atoms with E-state index in [-0.39, 0.29) is 5.92 Å². The number of benzene rings is 3. The number of rotatable bonds is 6. The Bertz CT molecular complexity index is 1880. The Balaban J connectivity index is 1.23. The maximum atomic E-state index is 11.2. The fraction of sp³-hybridized carbons (Fsp3) is 0.294. The van der Waals surface area contributed by atoms with Crippen LogP contribution in [0.15, 0.2) is 52.9 Å². The summed E-state index contributed by atoms with van der Waals surface area (Å²) in [5.74, 6) is -0.606. The van der Waals surface area contributed by atoms with Crippen LogP contribution in [0, 0.1) is 31.1 Å². The number of carbonyl (C=O) groups is 1. The van der Waals surface area contributed by atoms with Crippen molar-refractivity contribution in [1.82, 2.24) is 14.9 Å². The Morgan fingerprint density at radius 3 is 2.43 bits per heavy atom. The van der Waals surface area contributed by atoms with E-state index in [0.717, 1.165) is 45.7 Å². The fourth-order valence-electron chi connectivity index (χ4n) is 6.28. The molecular formula is C34H30N4O3S. The predicted octanol–water partition coefficient (Wildman–Crippen LogP) is 7.17. The first-order chi connectivity index (χ1) is 20.4. The zero-order chi connectivity index (χ0) is 29.0. The number of nitriles is 1. The molecule has 1 fully saturated rings. The minimum Gasteiger partial charge on any atom is -0.481 e. The van der Waals surface area contributed by atoms with Gasteiger partial charge in [0.25, 0.3) is 0 Å². The van der Waals surface area contributed by atoms with E-state index in [0.29, 0.717) is 42.2 Å². The fourth-order valence-corrected chi connectivity index (χ4v) is 7.51. The predicted molar refractivity (Wildman–Crippen MR) is 163 cm³/mol. The van der Waals surface area contributed by atoms with Gasteiger partial charge in [0.15, 0.2) is 5.58 Å². The molecule has 3 heterocycles. The quantitative estimate of drug-likeness (QED) is 0.229. The largest absolute Gasteiger partial charge is 0.481 e. The molecule has 2 aromatic heterocycles. The van der Waals surface area contributed by atoms with Crippen molar-refractivity contribution in [2.24, 2.45) is 5.92 Å². The summed E-state index contributed by atoms with van der Waals surface area (Å²) in [6.07, 6.45) is 4.68. The van der Waals surface area contributed by atoms with Gasteiger partial charge in [0.05, 0.1) is 17.2 Å². The zero-order valence-corrected chi connectivity index (χ0v) is 24.4. The number of nitrogens with zero attached hydrogens (tertiary/aromatic N) is 4. The van der Waals surface area contributed by atoms with Crippen molar-refractivity contribution >= 4 is 28.4 Å². The van der Waals surface area contributed by atoms with E-state index in [1.807, 2.05) is 35.6 Å². The molecule has 0 saturated carbocycles. The zero-order valence-electron chi connectivity index (χ0n) is 23.6. The van der Waals surface area contributed by atoms with Crippen LogP contribution in [0.25, 0.3) is 44.3 Å². The number of aromatic nitrogens is 2. The molecule has 7 nitrogen and oxygen atoms in total. The van der Waals surface area contributed by atoms with Crippen molar-refractivity contribution in [3.63, 3.8) is 0 Å². The first-order valence-electron chi connectivity index (χ1n) is 14.4. The van der Waals surface area contributed by atoms with E-state index in [1.54, 1.807) is 0 Å². The number of hydrogen-bond donors (Lipinski definition) is 1. The molecule has 210 valence electrons. The van der Waals surface area contributed by atoms with Crippen LogP contribution < -0.4 is 0 Å². The minimum absolute atomic E-state index is 0.325. The molecule has 0 amide bonds. The standard InChI is InChI=1S/C34H30N4O3S/c1-19-24(25-8-6-10-27(20(25)2)33-37-28-11-3-4-12-30(28)42-33)7-5-9-26(19)32-36-29-14-21(13-22(15-35)31(29)41-32)16-38-17-23(18-38)34(39)40/h5-10,13-14,23H,3-4,11-12,16-18H2,1-2H3,(H,39,40). The number of aliphatic carboxylic acids is 1. The summed E-state index contributed by atoms with van der Waals surface area (Å²) in [4.78, 5) is 24.5. The van der Waals surface area contributed by atoms with Crippen LogP contribution >= 0.6 is 11.3 Å². The van der Waals surface area contributed by atoms with Crippen LogP contribution in [0.3, 0.4) is 0 Å². The topological polar surface area (TPSA) is 103 Å². The lowest BCUT2D eigenvalue weighted by atomic mass is 9.91. The molecule has 5 aromatic rings. The van der Waals surface area contributed by atoms with Gasteiger partial charge in [0, 0.05) is 35.6 Å². The van der Waals surface area contributed by atoms with Gasteiger partial charge in [0.2, 0.25) is 5.89 Å². The third-order valence-corrected chi connectivity index (χ3v) is 9.84. The second-order valence-corrected chi connectivity index (χ2v) is 12.5. The van der Waals surface area contributed by atoms with Crippen LogP contribution in [0.5, 0.6) is 0 Å². The van der Waals surface area contributed by atoms with Crippen LogP contribution in [0.4, 0.5) is 0 Å². The smallest absolute Gasteiger partial charge is 0.309 e. The number of thiazole rings is 1. The first kappa shape index (κ1) is 26.6. The second-order valence-electron chi connectivity index (χ2n) is 11.4. The van der Waals surface area contributed by atoms with Gasteiger partial charge in [-0.2, -0.15) is 5.26 Å². The molecule has 0 unspecified atom stereocenters. The van der Waals surface area contributed by atoms with Crippen LogP contribution in [0.2, 0.25) is 0 Å². The van der Waals surface area contributed by atoms with Gasteiger partial charge in [-0.25, -0.2) is 9.97 Å². The van der Waals surface area contributed by atoms with Crippen LogP contribution in [-0.2, 0) is 24.2 Å². The first-order valence-corrected chi connectivity index (χ1v) is 15.2. The van der Waals surface area contributed by atoms with Gasteiger partial charge in [-0.15, -0.1) is 11.3 Å². The summed E-state index contributed by atoms with van der Waals surface area (Å²) in [6, 6.07) is 18.6. The third-order valence-electron chi connectivity index (χ3n) is 8.65. The van der Waals surface area contributed by atoms with Crippen molar-refractivity contribution in [3.8, 4) is 39.2 Å². The summed E-state index contributed by atoms with van der Waals surface area (Å²) >= 11 is 1.84. The van der Waals surface area contributed by atoms with Gasteiger partial charge in [0.1, 0.15) is 16.6 Å². The Kier molecular flexibility index (Phi) is 6.64. The number of oxazole rings is 1. The van der Waals surface area contributed by atoms with E-state index in [1.165, 1.54) is 34.5 Å². The van der Waals surface area contributed by atoms with E-state index < -0.39 is 5.97 Å². The average molecular weight is 575 g/mol. The highest BCUT2D eigenvalue weighted by molar-refractivity contribution is 7.15. The summed E-state index contributed by atoms with van der Waals surface area (Å²) in [6.45, 7) is 5.86. The molecule has 1 aliphatic carbocycles. The lowest BCUT2D eigenvalue weighted by Crippen LogP contribution is -2.49. The maximum absolute atomic E-state index is 11.2. The number of likely N-dealkylation sites (tertiary alicyclic amines) is 1. The third kappa shape index (κ3) is 4.59. The van der Waals surface area contributed by atoms with Crippen molar-refractivity contribution in [3.05, 3.63) is 81.4 Å². The number of carboxylic acid groups (broad SMARTS) is 1. The molecule has 1 aliphatic heterocycles. The summed E-state index contributed by atoms with van der Waals surface area (Å²) in [7, 11) is 0. The van der Waals surface area contributed by atoms with Gasteiger partial charge in [-0.3, -0.25) is 9.69 Å². The van der Waals surface area contributed by atoms with Crippen LogP contribution in [0.1, 0.15) is 45.7 Å². The number of hydrogen-bond acceptors (Lipinski definition) is 7. The lowest BCUT2D eigenvalue weighted by Gasteiger charge is -2.36. The highest BCUT2D eigenvalue weighted by Crippen LogP contribution is 2.40. The van der Waals surface area contributed by atoms with Crippen molar-refractivity contribution in [2.75, 3.05) is 13.1 Å². The molecule has 0 radical (unpaired) electrons. The molecule has 0 bridgehead atoms. The normalized spacial score (nSPS) is 15.4. The molecule has 1 saturated heterocycles. The SMILES string of the molecule is Cc1c(-c2nc3cc(CN4CC(C(=O)O)C4)cc(C#N)c3o2)cccc1-c1cccc(-c2nc3c(s2)CCCC3)c1C. The van der Waals surface area contributed by atoms with Crippen molar-refractivity contribution in [1.29, 1.82) is 5.26 Å². The van der Waals surface area contributed by atoms with Gasteiger partial charge in [-0.1, -0.05) is 30.3 Å². The Morgan fingerprint density at radius 1 is 1.02 bits per heavy atom. The molecule has 1 N–H and O–H groups in total. The lowest BCUT2D eigenvalue weighted by molar-refractivity contribution is -0.147. The van der Waals surface area contributed by atoms with Crippen LogP contribution in [-0.4, -0.2) is 39.0 Å². The van der Waals surface area contributed by atoms with Gasteiger partial charge in [-0.05, 0) is 85.5 Å². The Hall–Kier alpha value is -4.32. The van der Waals surface area contributed by atoms with E-state index in [9.17, 15) is 15.2 Å². The van der Waals surface area contributed by atoms with Crippen molar-refractivity contribution < 1.29 is 14.3 Å². The number of aryl methyl sites for hydroxylation is 2. The summed E-state index contributed by atoms with van der Waals surface area (Å²) in [5.41, 5.74) is 10.3. The maximum Gasteiger partial charge on any atom is 0.309 e. The van der Waals surface area contributed by atoms with E-state index in [4.69, 9.17) is 14.4 Å².